The molecule has 1 rings (SSSR count). The molecule has 0 spiro atoms. The minimum absolute atomic E-state index is 0.0301. The summed E-state index contributed by atoms with van der Waals surface area (Å²) in [7, 11) is 1.94. The molecule has 0 aliphatic heterocycles. The van der Waals surface area contributed by atoms with Crippen molar-refractivity contribution in [3.05, 3.63) is 29.8 Å². The van der Waals surface area contributed by atoms with Crippen LogP contribution in [0.1, 0.15) is 18.9 Å². The number of nitriles is 1. The van der Waals surface area contributed by atoms with E-state index >= 15 is 0 Å². The predicted octanol–water partition coefficient (Wildman–Crippen LogP) is 1.25. The summed E-state index contributed by atoms with van der Waals surface area (Å²) in [5.41, 5.74) is 1.22. The lowest BCUT2D eigenvalue weighted by atomic mass is 10.1. The minimum atomic E-state index is -0.215. The Morgan fingerprint density at radius 2 is 2.10 bits per heavy atom. The van der Waals surface area contributed by atoms with Gasteiger partial charge in [-0.05, 0) is 38.1 Å². The highest BCUT2D eigenvalue weighted by molar-refractivity contribution is 5.77. The van der Waals surface area contributed by atoms with E-state index < -0.39 is 0 Å². The Morgan fingerprint density at radius 3 is 2.70 bits per heavy atom. The monoisotopic (exact) mass is 275 g/mol. The van der Waals surface area contributed by atoms with E-state index in [4.69, 9.17) is 10.00 Å². The quantitative estimate of drug-likeness (QED) is 0.700. The summed E-state index contributed by atoms with van der Waals surface area (Å²) in [5.74, 6) is 0.453. The SMILES string of the molecule is CNC(C)Cc1ccc(OCC(=O)NCCC#N)cc1. The number of carbonyl (C=O) groups excluding carboxylic acids is 1. The van der Waals surface area contributed by atoms with E-state index in [1.807, 2.05) is 37.4 Å². The number of hydrogen-bond acceptors (Lipinski definition) is 4. The summed E-state index contributed by atoms with van der Waals surface area (Å²) >= 11 is 0. The van der Waals surface area contributed by atoms with E-state index in [9.17, 15) is 4.79 Å². The third-order valence-electron chi connectivity index (χ3n) is 2.89. The average Bonchev–Trinajstić information content (AvgIpc) is 2.46. The molecule has 5 nitrogen and oxygen atoms in total. The zero-order valence-electron chi connectivity index (χ0n) is 12.0. The van der Waals surface area contributed by atoms with Crippen molar-refractivity contribution < 1.29 is 9.53 Å². The number of likely N-dealkylation sites (N-methyl/N-ethyl adjacent to an activating group) is 1. The van der Waals surface area contributed by atoms with Gasteiger partial charge in [-0.2, -0.15) is 5.26 Å². The Morgan fingerprint density at radius 1 is 1.40 bits per heavy atom. The molecule has 2 N–H and O–H groups in total. The van der Waals surface area contributed by atoms with Crippen molar-refractivity contribution in [2.45, 2.75) is 25.8 Å². The molecule has 108 valence electrons. The third-order valence-corrected chi connectivity index (χ3v) is 2.89. The highest BCUT2D eigenvalue weighted by atomic mass is 16.5. The maximum Gasteiger partial charge on any atom is 0.257 e. The van der Waals surface area contributed by atoms with Crippen molar-refractivity contribution in [2.24, 2.45) is 0 Å². The fraction of sp³-hybridized carbons (Fsp3) is 0.467. The van der Waals surface area contributed by atoms with Gasteiger partial charge in [-0.15, -0.1) is 0 Å². The predicted molar refractivity (Wildman–Crippen MR) is 77.4 cm³/mol. The van der Waals surface area contributed by atoms with E-state index in [-0.39, 0.29) is 12.5 Å². The molecule has 0 saturated heterocycles. The second-order valence-electron chi connectivity index (χ2n) is 4.58. The van der Waals surface area contributed by atoms with E-state index in [1.54, 1.807) is 0 Å². The van der Waals surface area contributed by atoms with Crippen molar-refractivity contribution in [1.29, 1.82) is 5.26 Å². The summed E-state index contributed by atoms with van der Waals surface area (Å²) in [6.07, 6.45) is 1.26. The number of carbonyl (C=O) groups is 1. The number of nitrogens with zero attached hydrogens (tertiary/aromatic N) is 1. The van der Waals surface area contributed by atoms with Crippen molar-refractivity contribution in [2.75, 3.05) is 20.2 Å². The van der Waals surface area contributed by atoms with Crippen LogP contribution in [0.25, 0.3) is 0 Å². The zero-order valence-corrected chi connectivity index (χ0v) is 12.0. The van der Waals surface area contributed by atoms with Crippen molar-refractivity contribution in [1.82, 2.24) is 10.6 Å². The molecule has 0 aliphatic rings. The molecule has 1 unspecified atom stereocenters. The lowest BCUT2D eigenvalue weighted by Crippen LogP contribution is -2.29. The van der Waals surface area contributed by atoms with Crippen LogP contribution in [0, 0.1) is 11.3 Å². The largest absolute Gasteiger partial charge is 0.484 e. The number of benzene rings is 1. The first kappa shape index (κ1) is 16.0. The first-order valence-corrected chi connectivity index (χ1v) is 6.68. The van der Waals surface area contributed by atoms with Gasteiger partial charge in [0, 0.05) is 12.6 Å². The number of amides is 1. The molecule has 1 atom stereocenters. The molecule has 0 saturated carbocycles. The molecular weight excluding hydrogens is 254 g/mol. The van der Waals surface area contributed by atoms with Gasteiger partial charge in [-0.1, -0.05) is 12.1 Å². The second-order valence-corrected chi connectivity index (χ2v) is 4.58. The van der Waals surface area contributed by atoms with Crippen LogP contribution in [0.5, 0.6) is 5.75 Å². The second kappa shape index (κ2) is 8.94. The Balaban J connectivity index is 2.34. The molecule has 0 aliphatic carbocycles. The van der Waals surface area contributed by atoms with Crippen LogP contribution in [0.4, 0.5) is 0 Å². The standard InChI is InChI=1S/C15H21N3O2/c1-12(17-2)10-13-4-6-14(7-5-13)20-11-15(19)18-9-3-8-16/h4-7,12,17H,3,9-11H2,1-2H3,(H,18,19). The van der Waals surface area contributed by atoms with Crippen LogP contribution in [0.15, 0.2) is 24.3 Å². The van der Waals surface area contributed by atoms with E-state index in [2.05, 4.69) is 17.6 Å². The van der Waals surface area contributed by atoms with Gasteiger partial charge >= 0.3 is 0 Å². The molecular formula is C15H21N3O2. The van der Waals surface area contributed by atoms with Gasteiger partial charge in [0.1, 0.15) is 5.75 Å². The molecule has 0 heterocycles. The highest BCUT2D eigenvalue weighted by Gasteiger charge is 2.03. The summed E-state index contributed by atoms with van der Waals surface area (Å²) in [5, 5.41) is 14.1. The molecule has 0 bridgehead atoms. The molecule has 1 aromatic carbocycles. The van der Waals surface area contributed by atoms with Crippen LogP contribution in [-0.4, -0.2) is 32.1 Å². The molecule has 1 amide bonds. The number of nitrogens with one attached hydrogen (secondary N) is 2. The van der Waals surface area contributed by atoms with Gasteiger partial charge < -0.3 is 15.4 Å². The first-order chi connectivity index (χ1) is 9.65. The Labute approximate surface area is 119 Å². The van der Waals surface area contributed by atoms with Crippen molar-refractivity contribution in [3.63, 3.8) is 0 Å². The number of ether oxygens (including phenoxy) is 1. The molecule has 20 heavy (non-hydrogen) atoms. The van der Waals surface area contributed by atoms with Gasteiger partial charge in [-0.25, -0.2) is 0 Å². The smallest absolute Gasteiger partial charge is 0.257 e. The normalized spacial score (nSPS) is 11.4. The van der Waals surface area contributed by atoms with Crippen molar-refractivity contribution in [3.8, 4) is 11.8 Å². The Hall–Kier alpha value is -2.06. The Bertz CT molecular complexity index is 451. The summed E-state index contributed by atoms with van der Waals surface area (Å²) in [4.78, 5) is 11.4. The van der Waals surface area contributed by atoms with Crippen LogP contribution < -0.4 is 15.4 Å². The fourth-order valence-corrected chi connectivity index (χ4v) is 1.64. The van der Waals surface area contributed by atoms with Crippen LogP contribution in [0.2, 0.25) is 0 Å². The first-order valence-electron chi connectivity index (χ1n) is 6.68. The average molecular weight is 275 g/mol. The zero-order chi connectivity index (χ0) is 14.8. The van der Waals surface area contributed by atoms with Gasteiger partial charge in [0.2, 0.25) is 0 Å². The van der Waals surface area contributed by atoms with Crippen LogP contribution in [-0.2, 0) is 11.2 Å². The third kappa shape index (κ3) is 6.21. The van der Waals surface area contributed by atoms with E-state index in [1.165, 1.54) is 5.56 Å². The molecule has 5 heteroatoms. The highest BCUT2D eigenvalue weighted by Crippen LogP contribution is 2.13. The molecule has 0 fully saturated rings. The molecule has 1 aromatic rings. The molecule has 0 radical (unpaired) electrons. The van der Waals surface area contributed by atoms with E-state index in [0.717, 1.165) is 6.42 Å². The number of rotatable bonds is 8. The van der Waals surface area contributed by atoms with Crippen LogP contribution in [0.3, 0.4) is 0 Å². The van der Waals surface area contributed by atoms with Gasteiger partial charge in [0.25, 0.3) is 5.91 Å². The number of hydrogen-bond donors (Lipinski definition) is 2. The Kier molecular flexibility index (Phi) is 7.15. The fourth-order valence-electron chi connectivity index (χ4n) is 1.64. The van der Waals surface area contributed by atoms with Crippen LogP contribution >= 0.6 is 0 Å². The van der Waals surface area contributed by atoms with Gasteiger partial charge in [-0.3, -0.25) is 4.79 Å². The van der Waals surface area contributed by atoms with Gasteiger partial charge in [0.15, 0.2) is 6.61 Å². The minimum Gasteiger partial charge on any atom is -0.484 e. The maximum absolute atomic E-state index is 11.4. The topological polar surface area (TPSA) is 74.2 Å². The summed E-state index contributed by atoms with van der Waals surface area (Å²) in [6, 6.07) is 10.1. The van der Waals surface area contributed by atoms with Gasteiger partial charge in [0.05, 0.1) is 12.5 Å². The summed E-state index contributed by atoms with van der Waals surface area (Å²) in [6.45, 7) is 2.45. The summed E-state index contributed by atoms with van der Waals surface area (Å²) < 4.78 is 5.37. The van der Waals surface area contributed by atoms with Crippen molar-refractivity contribution >= 4 is 5.91 Å². The molecule has 0 aromatic heterocycles. The maximum atomic E-state index is 11.4. The lowest BCUT2D eigenvalue weighted by molar-refractivity contribution is -0.123. The lowest BCUT2D eigenvalue weighted by Gasteiger charge is -2.11. The van der Waals surface area contributed by atoms with E-state index in [0.29, 0.717) is 24.8 Å².